The predicted octanol–water partition coefficient (Wildman–Crippen LogP) is 2.76. The van der Waals surface area contributed by atoms with Crippen LogP contribution >= 0.6 is 11.8 Å². The van der Waals surface area contributed by atoms with E-state index >= 15 is 0 Å². The minimum atomic E-state index is -1.04. The standard InChI is InChI=1S/C21H19NO6S/c1-27-21(26)17(22-18(23)15-9-5-6-10-16(15)19(22)24)11-12-29-13-28-20(25)14-7-3-2-4-8-14/h2-10,17H,11-13H2,1H3/t17-/m1/s1. The average molecular weight is 413 g/mol. The minimum Gasteiger partial charge on any atom is -0.467 e. The number of amides is 2. The third-order valence-corrected chi connectivity index (χ3v) is 5.24. The minimum absolute atomic E-state index is 0.0870. The van der Waals surface area contributed by atoms with E-state index in [9.17, 15) is 19.2 Å². The number of fused-ring (bicyclic) bond motifs is 1. The van der Waals surface area contributed by atoms with Crippen LogP contribution in [0.15, 0.2) is 54.6 Å². The van der Waals surface area contributed by atoms with Crippen molar-refractivity contribution < 1.29 is 28.7 Å². The molecular formula is C21H19NO6S. The molecule has 1 aliphatic heterocycles. The maximum atomic E-state index is 12.6. The number of hydrogen-bond acceptors (Lipinski definition) is 7. The third kappa shape index (κ3) is 4.48. The Labute approximate surface area is 172 Å². The van der Waals surface area contributed by atoms with E-state index < -0.39 is 29.8 Å². The van der Waals surface area contributed by atoms with Gasteiger partial charge >= 0.3 is 11.9 Å². The van der Waals surface area contributed by atoms with Gasteiger partial charge in [-0.05, 0) is 36.4 Å². The van der Waals surface area contributed by atoms with Crippen LogP contribution in [0, 0.1) is 0 Å². The first-order valence-corrected chi connectivity index (χ1v) is 10.0. The molecule has 2 amide bonds. The molecule has 150 valence electrons. The summed E-state index contributed by atoms with van der Waals surface area (Å²) in [4.78, 5) is 50.3. The van der Waals surface area contributed by atoms with Crippen molar-refractivity contribution in [1.29, 1.82) is 0 Å². The van der Waals surface area contributed by atoms with Crippen LogP contribution in [0.25, 0.3) is 0 Å². The monoisotopic (exact) mass is 413 g/mol. The number of carbonyl (C=O) groups is 4. The molecule has 0 saturated heterocycles. The molecule has 0 fully saturated rings. The van der Waals surface area contributed by atoms with E-state index in [0.717, 1.165) is 4.90 Å². The van der Waals surface area contributed by atoms with Gasteiger partial charge in [0.15, 0.2) is 0 Å². The fourth-order valence-corrected chi connectivity index (χ4v) is 3.68. The Morgan fingerprint density at radius 1 is 0.966 bits per heavy atom. The second-order valence-corrected chi connectivity index (χ2v) is 7.23. The molecule has 1 atom stereocenters. The van der Waals surface area contributed by atoms with E-state index in [4.69, 9.17) is 9.47 Å². The van der Waals surface area contributed by atoms with Crippen molar-refractivity contribution in [3.05, 3.63) is 71.3 Å². The van der Waals surface area contributed by atoms with E-state index in [1.165, 1.54) is 18.9 Å². The molecule has 2 aromatic rings. The van der Waals surface area contributed by atoms with Gasteiger partial charge in [0.2, 0.25) is 0 Å². The number of nitrogens with zero attached hydrogens (tertiary/aromatic N) is 1. The van der Waals surface area contributed by atoms with Crippen LogP contribution in [0.5, 0.6) is 0 Å². The highest BCUT2D eigenvalue weighted by Crippen LogP contribution is 2.26. The molecule has 3 rings (SSSR count). The first-order valence-electron chi connectivity index (χ1n) is 8.89. The van der Waals surface area contributed by atoms with E-state index in [0.29, 0.717) is 11.3 Å². The Hall–Kier alpha value is -3.13. The molecule has 0 aliphatic carbocycles. The number of esters is 2. The normalized spacial score (nSPS) is 13.8. The van der Waals surface area contributed by atoms with Crippen LogP contribution in [0.4, 0.5) is 0 Å². The zero-order valence-corrected chi connectivity index (χ0v) is 16.5. The number of hydrogen-bond donors (Lipinski definition) is 0. The lowest BCUT2D eigenvalue weighted by Crippen LogP contribution is -2.45. The van der Waals surface area contributed by atoms with Gasteiger partial charge in [-0.25, -0.2) is 9.59 Å². The van der Waals surface area contributed by atoms with Gasteiger partial charge in [0, 0.05) is 0 Å². The summed E-state index contributed by atoms with van der Waals surface area (Å²) in [6.07, 6.45) is 0.186. The highest BCUT2D eigenvalue weighted by Gasteiger charge is 2.42. The van der Waals surface area contributed by atoms with Crippen LogP contribution in [-0.4, -0.2) is 53.5 Å². The lowest BCUT2D eigenvalue weighted by Gasteiger charge is -2.23. The molecule has 1 aliphatic rings. The number of methoxy groups -OCH3 is 1. The van der Waals surface area contributed by atoms with Gasteiger partial charge in [-0.3, -0.25) is 14.5 Å². The van der Waals surface area contributed by atoms with Crippen molar-refractivity contribution >= 4 is 35.5 Å². The largest absolute Gasteiger partial charge is 0.467 e. The molecule has 0 spiro atoms. The average Bonchev–Trinajstić information content (AvgIpc) is 3.01. The van der Waals surface area contributed by atoms with Gasteiger partial charge in [-0.2, -0.15) is 0 Å². The maximum Gasteiger partial charge on any atom is 0.338 e. The lowest BCUT2D eigenvalue weighted by molar-refractivity contribution is -0.145. The third-order valence-electron chi connectivity index (χ3n) is 4.43. The van der Waals surface area contributed by atoms with Crippen LogP contribution < -0.4 is 0 Å². The summed E-state index contributed by atoms with van der Waals surface area (Å²) in [5, 5.41) is 0. The summed E-state index contributed by atoms with van der Waals surface area (Å²) >= 11 is 1.28. The zero-order chi connectivity index (χ0) is 20.8. The van der Waals surface area contributed by atoms with E-state index in [-0.39, 0.29) is 23.5 Å². The van der Waals surface area contributed by atoms with Gasteiger partial charge in [0.05, 0.1) is 23.8 Å². The number of thioether (sulfide) groups is 1. The van der Waals surface area contributed by atoms with Crippen molar-refractivity contribution in [1.82, 2.24) is 4.90 Å². The van der Waals surface area contributed by atoms with Crippen LogP contribution in [0.2, 0.25) is 0 Å². The molecular weight excluding hydrogens is 394 g/mol. The Morgan fingerprint density at radius 3 is 2.14 bits per heavy atom. The number of imide groups is 1. The molecule has 0 unspecified atom stereocenters. The Morgan fingerprint density at radius 2 is 1.55 bits per heavy atom. The molecule has 1 heterocycles. The number of ether oxygens (including phenoxy) is 2. The van der Waals surface area contributed by atoms with Crippen LogP contribution in [-0.2, 0) is 14.3 Å². The summed E-state index contributed by atoms with van der Waals surface area (Å²) < 4.78 is 9.97. The highest BCUT2D eigenvalue weighted by molar-refractivity contribution is 7.99. The van der Waals surface area contributed by atoms with E-state index in [1.807, 2.05) is 0 Å². The topological polar surface area (TPSA) is 90.0 Å². The number of carbonyl (C=O) groups excluding carboxylic acids is 4. The Bertz CT molecular complexity index is 895. The van der Waals surface area contributed by atoms with Crippen molar-refractivity contribution in [2.45, 2.75) is 12.5 Å². The second kappa shape index (κ2) is 9.38. The van der Waals surface area contributed by atoms with Crippen LogP contribution in [0.3, 0.4) is 0 Å². The highest BCUT2D eigenvalue weighted by atomic mass is 32.2. The smallest absolute Gasteiger partial charge is 0.338 e. The summed E-state index contributed by atoms with van der Waals surface area (Å²) in [6, 6.07) is 14.0. The van der Waals surface area contributed by atoms with Crippen molar-refractivity contribution in [3.63, 3.8) is 0 Å². The first-order chi connectivity index (χ1) is 14.0. The van der Waals surface area contributed by atoms with Gasteiger partial charge in [-0.1, -0.05) is 30.3 Å². The first kappa shape index (κ1) is 20.6. The quantitative estimate of drug-likeness (QED) is 0.284. The van der Waals surface area contributed by atoms with Gasteiger partial charge in [-0.15, -0.1) is 11.8 Å². The summed E-state index contributed by atoms with van der Waals surface area (Å²) in [5.41, 5.74) is 0.998. The van der Waals surface area contributed by atoms with Crippen LogP contribution in [0.1, 0.15) is 37.5 Å². The molecule has 8 heteroatoms. The molecule has 7 nitrogen and oxygen atoms in total. The number of rotatable bonds is 8. The summed E-state index contributed by atoms with van der Waals surface area (Å²) in [5.74, 6) is -1.66. The number of benzene rings is 2. The SMILES string of the molecule is COC(=O)[C@@H](CCSCOC(=O)c1ccccc1)N1C(=O)c2ccccc2C1=O. The van der Waals surface area contributed by atoms with Gasteiger partial charge in [0.1, 0.15) is 12.0 Å². The van der Waals surface area contributed by atoms with E-state index in [1.54, 1.807) is 54.6 Å². The summed E-state index contributed by atoms with van der Waals surface area (Å²) in [7, 11) is 1.21. The van der Waals surface area contributed by atoms with Crippen molar-refractivity contribution in [2.75, 3.05) is 18.8 Å². The molecule has 0 radical (unpaired) electrons. The van der Waals surface area contributed by atoms with E-state index in [2.05, 4.69) is 0 Å². The molecule has 2 aromatic carbocycles. The molecule has 0 saturated carbocycles. The predicted molar refractivity (Wildman–Crippen MR) is 107 cm³/mol. The zero-order valence-electron chi connectivity index (χ0n) is 15.7. The summed E-state index contributed by atoms with van der Waals surface area (Å²) in [6.45, 7) is 0. The van der Waals surface area contributed by atoms with Crippen molar-refractivity contribution in [3.8, 4) is 0 Å². The molecule has 0 N–H and O–H groups in total. The van der Waals surface area contributed by atoms with Gasteiger partial charge in [0.25, 0.3) is 11.8 Å². The second-order valence-electron chi connectivity index (χ2n) is 6.18. The molecule has 29 heavy (non-hydrogen) atoms. The maximum absolute atomic E-state index is 12.6. The molecule has 0 bridgehead atoms. The molecule has 0 aromatic heterocycles. The fraction of sp³-hybridized carbons (Fsp3) is 0.238. The van der Waals surface area contributed by atoms with Gasteiger partial charge < -0.3 is 9.47 Å². The Kier molecular flexibility index (Phi) is 6.66. The Balaban J connectivity index is 1.57. The fourth-order valence-electron chi connectivity index (χ4n) is 2.99. The van der Waals surface area contributed by atoms with Crippen molar-refractivity contribution in [2.24, 2.45) is 0 Å². The lowest BCUT2D eigenvalue weighted by atomic mass is 10.1.